The largest absolute Gasteiger partial charge is 0.466 e. The van der Waals surface area contributed by atoms with Gasteiger partial charge in [0.05, 0.1) is 18.6 Å². The lowest BCUT2D eigenvalue weighted by Gasteiger charge is -2.44. The second kappa shape index (κ2) is 8.62. The van der Waals surface area contributed by atoms with E-state index in [0.717, 1.165) is 6.54 Å². The van der Waals surface area contributed by atoms with E-state index in [2.05, 4.69) is 14.9 Å². The number of amides is 1. The fourth-order valence-electron chi connectivity index (χ4n) is 4.52. The van der Waals surface area contributed by atoms with E-state index in [1.54, 1.807) is 18.5 Å². The molecular formula is C20H29N5O4. The minimum Gasteiger partial charge on any atom is -0.466 e. The molecule has 1 aromatic rings. The lowest BCUT2D eigenvalue weighted by molar-refractivity contribution is -0.150. The fourth-order valence-corrected chi connectivity index (χ4v) is 4.52. The molecule has 1 aromatic heterocycles. The predicted molar refractivity (Wildman–Crippen MR) is 105 cm³/mol. The summed E-state index contributed by atoms with van der Waals surface area (Å²) in [5.41, 5.74) is 0. The Balaban J connectivity index is 1.50. The average molecular weight is 403 g/mol. The van der Waals surface area contributed by atoms with E-state index in [1.807, 2.05) is 16.7 Å². The minimum atomic E-state index is -0.334. The van der Waals surface area contributed by atoms with E-state index >= 15 is 0 Å². The Morgan fingerprint density at radius 1 is 1.10 bits per heavy atom. The molecule has 9 nitrogen and oxygen atoms in total. The van der Waals surface area contributed by atoms with Gasteiger partial charge in [-0.25, -0.2) is 9.97 Å². The van der Waals surface area contributed by atoms with Gasteiger partial charge < -0.3 is 19.6 Å². The van der Waals surface area contributed by atoms with Crippen LogP contribution in [0.1, 0.15) is 19.8 Å². The topological polar surface area (TPSA) is 99.1 Å². The Morgan fingerprint density at radius 2 is 1.86 bits per heavy atom. The standard InChI is InChI=1S/C20H29N5O4/c1-2-29-19(28)15-10-23-6-7-24(18(27)14-8-17(26)9-14)12-16(23)13-25(11-15)20-21-4-3-5-22-20/h3-5,14-17,26H,2,6-13H2,1H3. The first-order chi connectivity index (χ1) is 14.0. The van der Waals surface area contributed by atoms with Crippen molar-refractivity contribution in [2.24, 2.45) is 11.8 Å². The predicted octanol–water partition coefficient (Wildman–Crippen LogP) is -0.240. The zero-order chi connectivity index (χ0) is 20.4. The number of esters is 1. The first kappa shape index (κ1) is 20.0. The molecular weight excluding hydrogens is 374 g/mol. The highest BCUT2D eigenvalue weighted by atomic mass is 16.5. The summed E-state index contributed by atoms with van der Waals surface area (Å²) >= 11 is 0. The van der Waals surface area contributed by atoms with Gasteiger partial charge in [-0.3, -0.25) is 14.5 Å². The normalized spacial score (nSPS) is 30.1. The van der Waals surface area contributed by atoms with Gasteiger partial charge in [0.15, 0.2) is 0 Å². The van der Waals surface area contributed by atoms with Gasteiger partial charge in [-0.2, -0.15) is 0 Å². The lowest BCUT2D eigenvalue weighted by atomic mass is 9.81. The molecule has 0 spiro atoms. The second-order valence-electron chi connectivity index (χ2n) is 8.16. The number of nitrogens with zero attached hydrogens (tertiary/aromatic N) is 5. The average Bonchev–Trinajstić information content (AvgIpc) is 2.91. The number of aliphatic hydroxyl groups excluding tert-OH is 1. The molecule has 1 N–H and O–H groups in total. The maximum atomic E-state index is 12.8. The summed E-state index contributed by atoms with van der Waals surface area (Å²) < 4.78 is 5.30. The number of carbonyl (C=O) groups is 2. The minimum absolute atomic E-state index is 0.0526. The molecule has 0 aromatic carbocycles. The third-order valence-corrected chi connectivity index (χ3v) is 6.16. The van der Waals surface area contributed by atoms with Crippen LogP contribution in [0.25, 0.3) is 0 Å². The fraction of sp³-hybridized carbons (Fsp3) is 0.700. The van der Waals surface area contributed by atoms with Gasteiger partial charge in [0.25, 0.3) is 0 Å². The van der Waals surface area contributed by atoms with E-state index in [4.69, 9.17) is 4.74 Å². The van der Waals surface area contributed by atoms with E-state index in [0.29, 0.717) is 58.1 Å². The molecule has 2 unspecified atom stereocenters. The number of anilines is 1. The van der Waals surface area contributed by atoms with Gasteiger partial charge in [0.1, 0.15) is 0 Å². The maximum Gasteiger partial charge on any atom is 0.312 e. The second-order valence-corrected chi connectivity index (χ2v) is 8.16. The van der Waals surface area contributed by atoms with Crippen LogP contribution in [0.5, 0.6) is 0 Å². The van der Waals surface area contributed by atoms with Crippen LogP contribution >= 0.6 is 0 Å². The molecule has 2 aliphatic heterocycles. The number of hydrogen-bond donors (Lipinski definition) is 1. The molecule has 2 saturated heterocycles. The smallest absolute Gasteiger partial charge is 0.312 e. The van der Waals surface area contributed by atoms with E-state index < -0.39 is 0 Å². The quantitative estimate of drug-likeness (QED) is 0.688. The summed E-state index contributed by atoms with van der Waals surface area (Å²) in [5, 5.41) is 9.53. The van der Waals surface area contributed by atoms with Gasteiger partial charge in [-0.1, -0.05) is 0 Å². The SMILES string of the molecule is CCOC(=O)C1CN(c2ncccn2)CC2CN(C(=O)C3CC(O)C3)CCN2C1. The number of fused-ring (bicyclic) bond motifs is 1. The van der Waals surface area contributed by atoms with Crippen molar-refractivity contribution in [2.75, 3.05) is 50.8 Å². The Hall–Kier alpha value is -2.26. The van der Waals surface area contributed by atoms with Crippen molar-refractivity contribution in [3.8, 4) is 0 Å². The molecule has 0 bridgehead atoms. The van der Waals surface area contributed by atoms with Gasteiger partial charge in [-0.15, -0.1) is 0 Å². The molecule has 158 valence electrons. The summed E-state index contributed by atoms with van der Waals surface area (Å²) in [4.78, 5) is 40.3. The van der Waals surface area contributed by atoms with Crippen LogP contribution in [0.15, 0.2) is 18.5 Å². The number of aromatic nitrogens is 2. The first-order valence-electron chi connectivity index (χ1n) is 10.4. The summed E-state index contributed by atoms with van der Waals surface area (Å²) in [6.07, 6.45) is 4.20. The van der Waals surface area contributed by atoms with Crippen molar-refractivity contribution in [2.45, 2.75) is 31.9 Å². The van der Waals surface area contributed by atoms with Gasteiger partial charge in [0.2, 0.25) is 11.9 Å². The van der Waals surface area contributed by atoms with Crippen molar-refractivity contribution in [3.05, 3.63) is 18.5 Å². The maximum absolute atomic E-state index is 12.8. The number of hydrogen-bond acceptors (Lipinski definition) is 8. The number of aliphatic hydroxyl groups is 1. The molecule has 2 atom stereocenters. The van der Waals surface area contributed by atoms with Crippen LogP contribution in [0, 0.1) is 11.8 Å². The molecule has 29 heavy (non-hydrogen) atoms. The Labute approximate surface area is 170 Å². The van der Waals surface area contributed by atoms with Gasteiger partial charge in [-0.05, 0) is 25.8 Å². The Kier molecular flexibility index (Phi) is 5.96. The molecule has 4 rings (SSSR count). The van der Waals surface area contributed by atoms with Crippen LogP contribution in [-0.4, -0.2) is 94.8 Å². The summed E-state index contributed by atoms with van der Waals surface area (Å²) in [7, 11) is 0. The van der Waals surface area contributed by atoms with Crippen LogP contribution < -0.4 is 4.90 Å². The first-order valence-corrected chi connectivity index (χ1v) is 10.4. The van der Waals surface area contributed by atoms with E-state index in [9.17, 15) is 14.7 Å². The third kappa shape index (κ3) is 4.35. The van der Waals surface area contributed by atoms with Crippen molar-refractivity contribution >= 4 is 17.8 Å². The lowest BCUT2D eigenvalue weighted by Crippen LogP contribution is -2.59. The summed E-state index contributed by atoms with van der Waals surface area (Å²) in [6, 6.07) is 1.87. The monoisotopic (exact) mass is 403 g/mol. The number of piperazine rings is 1. The van der Waals surface area contributed by atoms with Crippen molar-refractivity contribution in [1.82, 2.24) is 19.8 Å². The molecule has 0 radical (unpaired) electrons. The summed E-state index contributed by atoms with van der Waals surface area (Å²) in [5.74, 6) is 0.199. The van der Waals surface area contributed by atoms with Crippen molar-refractivity contribution < 1.29 is 19.4 Å². The zero-order valence-electron chi connectivity index (χ0n) is 16.8. The number of ether oxygens (including phenoxy) is 1. The number of rotatable bonds is 4. The van der Waals surface area contributed by atoms with Crippen LogP contribution in [-0.2, 0) is 14.3 Å². The Morgan fingerprint density at radius 3 is 2.55 bits per heavy atom. The van der Waals surface area contributed by atoms with Gasteiger partial charge >= 0.3 is 5.97 Å². The number of carbonyl (C=O) groups excluding carboxylic acids is 2. The molecule has 1 amide bonds. The molecule has 3 heterocycles. The third-order valence-electron chi connectivity index (χ3n) is 6.16. The van der Waals surface area contributed by atoms with Crippen LogP contribution in [0.3, 0.4) is 0 Å². The molecule has 3 fully saturated rings. The van der Waals surface area contributed by atoms with Gasteiger partial charge in [0, 0.05) is 63.6 Å². The molecule has 3 aliphatic rings. The highest BCUT2D eigenvalue weighted by molar-refractivity contribution is 5.80. The van der Waals surface area contributed by atoms with Crippen molar-refractivity contribution in [1.29, 1.82) is 0 Å². The molecule has 1 saturated carbocycles. The highest BCUT2D eigenvalue weighted by Crippen LogP contribution is 2.30. The van der Waals surface area contributed by atoms with E-state index in [-0.39, 0.29) is 35.9 Å². The molecule has 1 aliphatic carbocycles. The molecule has 9 heteroatoms. The van der Waals surface area contributed by atoms with Crippen molar-refractivity contribution in [3.63, 3.8) is 0 Å². The summed E-state index contributed by atoms with van der Waals surface area (Å²) in [6.45, 7) is 5.93. The van der Waals surface area contributed by atoms with Crippen LogP contribution in [0.2, 0.25) is 0 Å². The highest BCUT2D eigenvalue weighted by Gasteiger charge is 2.41. The zero-order valence-corrected chi connectivity index (χ0v) is 16.8. The Bertz CT molecular complexity index is 727. The van der Waals surface area contributed by atoms with E-state index in [1.165, 1.54) is 0 Å². The van der Waals surface area contributed by atoms with Crippen LogP contribution in [0.4, 0.5) is 5.95 Å².